The fraction of sp³-hybridized carbons (Fsp3) is 0.909. The predicted octanol–water partition coefficient (Wildman–Crippen LogP) is 3.57. The molecule has 0 rings (SSSR count). The molecule has 0 aliphatic rings. The lowest BCUT2D eigenvalue weighted by molar-refractivity contribution is -0.117. The molecule has 0 spiro atoms. The summed E-state index contributed by atoms with van der Waals surface area (Å²) in [4.78, 5) is 11.0. The maximum absolute atomic E-state index is 11.0. The first kappa shape index (κ1) is 11.7. The van der Waals surface area contributed by atoms with Crippen LogP contribution in [0.25, 0.3) is 0 Å². The van der Waals surface area contributed by atoms with Crippen LogP contribution >= 0.6 is 0 Å². The summed E-state index contributed by atoms with van der Waals surface area (Å²) in [5, 5.41) is 0. The average Bonchev–Trinajstić information content (AvgIpc) is 2.13. The van der Waals surface area contributed by atoms with E-state index in [-0.39, 0.29) is 5.41 Å². The van der Waals surface area contributed by atoms with E-state index < -0.39 is 0 Å². The number of aldehydes is 1. The Kier molecular flexibility index (Phi) is 6.04. The van der Waals surface area contributed by atoms with Crippen molar-refractivity contribution < 1.29 is 4.79 Å². The summed E-state index contributed by atoms with van der Waals surface area (Å²) in [5.74, 6) is 0. The van der Waals surface area contributed by atoms with Crippen molar-refractivity contribution >= 4 is 6.29 Å². The number of hydrogen-bond donors (Lipinski definition) is 0. The van der Waals surface area contributed by atoms with Gasteiger partial charge in [-0.25, -0.2) is 0 Å². The Bertz CT molecular complexity index is 120. The molecule has 0 radical (unpaired) electrons. The number of unbranched alkanes of at least 4 members (excludes halogenated alkanes) is 1. The Balaban J connectivity index is 4.04. The molecule has 1 atom stereocenters. The minimum absolute atomic E-state index is 0.00472. The molecule has 0 aliphatic carbocycles. The molecule has 1 heteroatoms. The van der Waals surface area contributed by atoms with E-state index >= 15 is 0 Å². The molecule has 1 unspecified atom stereocenters. The predicted molar refractivity (Wildman–Crippen MR) is 53.2 cm³/mol. The van der Waals surface area contributed by atoms with Gasteiger partial charge in [-0.1, -0.05) is 40.0 Å². The molecular formula is C11H22O. The minimum atomic E-state index is 0.00472. The average molecular weight is 170 g/mol. The van der Waals surface area contributed by atoms with Gasteiger partial charge in [0.15, 0.2) is 0 Å². The lowest BCUT2D eigenvalue weighted by Crippen LogP contribution is -2.21. The fourth-order valence-corrected chi connectivity index (χ4v) is 1.71. The van der Waals surface area contributed by atoms with Crippen molar-refractivity contribution in [2.75, 3.05) is 0 Å². The second-order valence-corrected chi connectivity index (χ2v) is 3.69. The van der Waals surface area contributed by atoms with Gasteiger partial charge in [0.2, 0.25) is 0 Å². The SMILES string of the molecule is CCCCC(C=O)(CC)CCC. The van der Waals surface area contributed by atoms with Gasteiger partial charge in [0, 0.05) is 5.41 Å². The highest BCUT2D eigenvalue weighted by atomic mass is 16.1. The number of rotatable bonds is 7. The van der Waals surface area contributed by atoms with Crippen molar-refractivity contribution in [1.29, 1.82) is 0 Å². The van der Waals surface area contributed by atoms with Gasteiger partial charge in [-0.3, -0.25) is 0 Å². The largest absolute Gasteiger partial charge is 0.303 e. The molecule has 0 amide bonds. The first-order valence-electron chi connectivity index (χ1n) is 5.21. The normalized spacial score (nSPS) is 15.6. The van der Waals surface area contributed by atoms with E-state index in [1.807, 2.05) is 0 Å². The number of hydrogen-bond acceptors (Lipinski definition) is 1. The quantitative estimate of drug-likeness (QED) is 0.534. The van der Waals surface area contributed by atoms with E-state index in [1.165, 1.54) is 19.1 Å². The first-order chi connectivity index (χ1) is 5.74. The lowest BCUT2D eigenvalue weighted by Gasteiger charge is -2.25. The summed E-state index contributed by atoms with van der Waals surface area (Å²) in [5.41, 5.74) is 0.00472. The molecular weight excluding hydrogens is 148 g/mol. The Morgan fingerprint density at radius 1 is 1.08 bits per heavy atom. The van der Waals surface area contributed by atoms with Gasteiger partial charge in [-0.15, -0.1) is 0 Å². The van der Waals surface area contributed by atoms with E-state index in [4.69, 9.17) is 0 Å². The van der Waals surface area contributed by atoms with Gasteiger partial charge in [-0.05, 0) is 19.3 Å². The van der Waals surface area contributed by atoms with E-state index in [9.17, 15) is 4.79 Å². The Morgan fingerprint density at radius 3 is 2.08 bits per heavy atom. The summed E-state index contributed by atoms with van der Waals surface area (Å²) in [6.45, 7) is 6.46. The van der Waals surface area contributed by atoms with Crippen LogP contribution in [0.15, 0.2) is 0 Å². The highest BCUT2D eigenvalue weighted by Crippen LogP contribution is 2.31. The van der Waals surface area contributed by atoms with Crippen LogP contribution in [0.1, 0.15) is 59.3 Å². The molecule has 0 aliphatic heterocycles. The first-order valence-corrected chi connectivity index (χ1v) is 5.21. The molecule has 0 aromatic rings. The van der Waals surface area contributed by atoms with Crippen LogP contribution in [0.4, 0.5) is 0 Å². The molecule has 0 N–H and O–H groups in total. The smallest absolute Gasteiger partial charge is 0.126 e. The zero-order chi connectivity index (χ0) is 9.45. The van der Waals surface area contributed by atoms with Gasteiger partial charge in [-0.2, -0.15) is 0 Å². The second kappa shape index (κ2) is 6.22. The molecule has 0 fully saturated rings. The van der Waals surface area contributed by atoms with Crippen molar-refractivity contribution in [1.82, 2.24) is 0 Å². The third-order valence-electron chi connectivity index (χ3n) is 2.73. The van der Waals surface area contributed by atoms with Crippen LogP contribution in [0, 0.1) is 5.41 Å². The molecule has 1 nitrogen and oxygen atoms in total. The summed E-state index contributed by atoms with van der Waals surface area (Å²) >= 11 is 0. The monoisotopic (exact) mass is 170 g/mol. The Hall–Kier alpha value is -0.330. The molecule has 0 aromatic carbocycles. The van der Waals surface area contributed by atoms with Gasteiger partial charge in [0.1, 0.15) is 6.29 Å². The Morgan fingerprint density at radius 2 is 1.75 bits per heavy atom. The summed E-state index contributed by atoms with van der Waals surface area (Å²) in [6, 6.07) is 0. The highest BCUT2D eigenvalue weighted by Gasteiger charge is 2.25. The maximum atomic E-state index is 11.0. The molecule has 12 heavy (non-hydrogen) atoms. The van der Waals surface area contributed by atoms with Crippen LogP contribution in [-0.2, 0) is 4.79 Å². The van der Waals surface area contributed by atoms with Crippen molar-refractivity contribution in [2.45, 2.75) is 59.3 Å². The van der Waals surface area contributed by atoms with Crippen molar-refractivity contribution in [3.05, 3.63) is 0 Å². The summed E-state index contributed by atoms with van der Waals surface area (Å²) in [6.07, 6.45) is 7.84. The summed E-state index contributed by atoms with van der Waals surface area (Å²) < 4.78 is 0. The fourth-order valence-electron chi connectivity index (χ4n) is 1.71. The number of carbonyl (C=O) groups excluding carboxylic acids is 1. The third-order valence-corrected chi connectivity index (χ3v) is 2.73. The topological polar surface area (TPSA) is 17.1 Å². The van der Waals surface area contributed by atoms with Crippen LogP contribution in [0.2, 0.25) is 0 Å². The van der Waals surface area contributed by atoms with E-state index in [1.54, 1.807) is 0 Å². The number of carbonyl (C=O) groups is 1. The summed E-state index contributed by atoms with van der Waals surface area (Å²) in [7, 11) is 0. The molecule has 0 bridgehead atoms. The highest BCUT2D eigenvalue weighted by molar-refractivity contribution is 5.59. The standard InChI is InChI=1S/C11H22O/c1-4-7-9-11(6-3,10-12)8-5-2/h10H,4-9H2,1-3H3. The molecule has 72 valence electrons. The minimum Gasteiger partial charge on any atom is -0.303 e. The molecule has 0 saturated heterocycles. The van der Waals surface area contributed by atoms with Gasteiger partial charge in [0.05, 0.1) is 0 Å². The van der Waals surface area contributed by atoms with Crippen molar-refractivity contribution in [3.8, 4) is 0 Å². The second-order valence-electron chi connectivity index (χ2n) is 3.69. The molecule has 0 heterocycles. The van der Waals surface area contributed by atoms with Crippen molar-refractivity contribution in [2.24, 2.45) is 5.41 Å². The van der Waals surface area contributed by atoms with Crippen LogP contribution in [0.5, 0.6) is 0 Å². The van der Waals surface area contributed by atoms with Crippen LogP contribution in [-0.4, -0.2) is 6.29 Å². The zero-order valence-electron chi connectivity index (χ0n) is 8.73. The van der Waals surface area contributed by atoms with Gasteiger partial charge < -0.3 is 4.79 Å². The van der Waals surface area contributed by atoms with E-state index in [0.29, 0.717) is 0 Å². The van der Waals surface area contributed by atoms with Crippen molar-refractivity contribution in [3.63, 3.8) is 0 Å². The zero-order valence-corrected chi connectivity index (χ0v) is 8.73. The molecule has 0 saturated carbocycles. The van der Waals surface area contributed by atoms with E-state index in [2.05, 4.69) is 20.8 Å². The molecule has 0 aromatic heterocycles. The van der Waals surface area contributed by atoms with E-state index in [0.717, 1.165) is 25.7 Å². The van der Waals surface area contributed by atoms with Gasteiger partial charge in [0.25, 0.3) is 0 Å². The van der Waals surface area contributed by atoms with Crippen LogP contribution in [0.3, 0.4) is 0 Å². The van der Waals surface area contributed by atoms with Crippen LogP contribution < -0.4 is 0 Å². The lowest BCUT2D eigenvalue weighted by atomic mass is 9.78. The third kappa shape index (κ3) is 3.38. The maximum Gasteiger partial charge on any atom is 0.126 e. The van der Waals surface area contributed by atoms with Gasteiger partial charge >= 0.3 is 0 Å². The Labute approximate surface area is 76.6 Å².